The average molecular weight is 425 g/mol. The monoisotopic (exact) mass is 425 g/mol. The highest BCUT2D eigenvalue weighted by atomic mass is 19.3. The minimum Gasteiger partial charge on any atom is -0.368 e. The summed E-state index contributed by atoms with van der Waals surface area (Å²) in [4.78, 5) is 23.2. The number of carbonyl (C=O) groups is 1. The van der Waals surface area contributed by atoms with E-state index in [1.807, 2.05) is 34.1 Å². The van der Waals surface area contributed by atoms with Crippen molar-refractivity contribution in [1.82, 2.24) is 19.4 Å². The first-order valence-corrected chi connectivity index (χ1v) is 10.8. The predicted molar refractivity (Wildman–Crippen MR) is 116 cm³/mol. The molecule has 2 aromatic carbocycles. The van der Waals surface area contributed by atoms with Crippen LogP contribution in [0.5, 0.6) is 0 Å². The number of urea groups is 1. The minimum absolute atomic E-state index is 0.136. The highest BCUT2D eigenvalue weighted by molar-refractivity contribution is 5.81. The molecule has 2 fully saturated rings. The first-order chi connectivity index (χ1) is 15.1. The summed E-state index contributed by atoms with van der Waals surface area (Å²) < 4.78 is 28.7. The average Bonchev–Trinajstić information content (AvgIpc) is 3.47. The third-order valence-electron chi connectivity index (χ3n) is 6.19. The van der Waals surface area contributed by atoms with E-state index >= 15 is 0 Å². The number of alkyl halides is 2. The summed E-state index contributed by atoms with van der Waals surface area (Å²) >= 11 is 0. The Morgan fingerprint density at radius 3 is 2.32 bits per heavy atom. The molecule has 162 valence electrons. The normalized spacial score (nSPS) is 17.2. The maximum Gasteiger partial charge on any atom is 0.320 e. The number of aromatic nitrogens is 2. The van der Waals surface area contributed by atoms with Crippen molar-refractivity contribution in [3.8, 4) is 11.4 Å². The van der Waals surface area contributed by atoms with Gasteiger partial charge in [-0.15, -0.1) is 0 Å². The van der Waals surface area contributed by atoms with E-state index in [-0.39, 0.29) is 11.9 Å². The highest BCUT2D eigenvalue weighted by Crippen LogP contribution is 2.31. The van der Waals surface area contributed by atoms with Crippen LogP contribution >= 0.6 is 0 Å². The molecule has 0 saturated carbocycles. The Labute approximate surface area is 179 Å². The Hall–Kier alpha value is -3.16. The van der Waals surface area contributed by atoms with Gasteiger partial charge in [0.05, 0.1) is 11.0 Å². The molecule has 0 radical (unpaired) electrons. The van der Waals surface area contributed by atoms with E-state index in [9.17, 15) is 13.6 Å². The quantitative estimate of drug-likeness (QED) is 0.623. The molecule has 0 unspecified atom stereocenters. The first kappa shape index (κ1) is 19.8. The van der Waals surface area contributed by atoms with E-state index in [0.29, 0.717) is 42.8 Å². The van der Waals surface area contributed by atoms with Crippen molar-refractivity contribution >= 4 is 22.8 Å². The standard InChI is InChI=1S/C23H25F2N5O/c24-22(25)30-20-9-2-1-8-19(20)26-21(30)17-6-5-7-18(16-17)27-12-14-29(15-13-27)23(31)28-10-3-4-11-28/h1-2,5-9,16,22H,3-4,10-15H2. The molecule has 0 bridgehead atoms. The molecule has 6 nitrogen and oxygen atoms in total. The van der Waals surface area contributed by atoms with Crippen molar-refractivity contribution in [3.05, 3.63) is 48.5 Å². The largest absolute Gasteiger partial charge is 0.368 e. The summed E-state index contributed by atoms with van der Waals surface area (Å²) in [6, 6.07) is 14.7. The number of hydrogen-bond acceptors (Lipinski definition) is 3. The van der Waals surface area contributed by atoms with Gasteiger partial charge >= 0.3 is 12.6 Å². The maximum absolute atomic E-state index is 13.8. The smallest absolute Gasteiger partial charge is 0.320 e. The second-order valence-corrected chi connectivity index (χ2v) is 8.07. The van der Waals surface area contributed by atoms with E-state index < -0.39 is 6.55 Å². The lowest BCUT2D eigenvalue weighted by Crippen LogP contribution is -2.52. The fourth-order valence-corrected chi connectivity index (χ4v) is 4.55. The van der Waals surface area contributed by atoms with Gasteiger partial charge in [-0.3, -0.25) is 4.57 Å². The summed E-state index contributed by atoms with van der Waals surface area (Å²) in [5.41, 5.74) is 2.59. The number of halogens is 2. The molecule has 2 aliphatic rings. The number of amides is 2. The van der Waals surface area contributed by atoms with Gasteiger partial charge in [0, 0.05) is 50.5 Å². The number of para-hydroxylation sites is 2. The zero-order valence-corrected chi connectivity index (χ0v) is 17.3. The van der Waals surface area contributed by atoms with Gasteiger partial charge in [-0.05, 0) is 37.1 Å². The second kappa shape index (κ2) is 8.17. The van der Waals surface area contributed by atoms with Gasteiger partial charge in [0.25, 0.3) is 0 Å². The van der Waals surface area contributed by atoms with E-state index in [1.165, 1.54) is 0 Å². The van der Waals surface area contributed by atoms with Gasteiger partial charge in [0.2, 0.25) is 0 Å². The van der Waals surface area contributed by atoms with E-state index in [0.717, 1.165) is 36.2 Å². The molecule has 31 heavy (non-hydrogen) atoms. The van der Waals surface area contributed by atoms with E-state index in [2.05, 4.69) is 9.88 Å². The number of likely N-dealkylation sites (tertiary alicyclic amines) is 1. The number of anilines is 1. The molecule has 0 atom stereocenters. The lowest BCUT2D eigenvalue weighted by Gasteiger charge is -2.37. The number of piperazine rings is 1. The number of fused-ring (bicyclic) bond motifs is 1. The predicted octanol–water partition coefficient (Wildman–Crippen LogP) is 4.44. The molecule has 5 rings (SSSR count). The molecule has 8 heteroatoms. The lowest BCUT2D eigenvalue weighted by atomic mass is 10.1. The number of imidazole rings is 1. The first-order valence-electron chi connectivity index (χ1n) is 10.8. The van der Waals surface area contributed by atoms with E-state index in [4.69, 9.17) is 0 Å². The van der Waals surface area contributed by atoms with Crippen LogP contribution < -0.4 is 4.90 Å². The Bertz CT molecular complexity index is 1080. The van der Waals surface area contributed by atoms with Crippen molar-refractivity contribution in [2.75, 3.05) is 44.2 Å². The molecule has 1 aromatic heterocycles. The van der Waals surface area contributed by atoms with Crippen LogP contribution in [0.3, 0.4) is 0 Å². The topological polar surface area (TPSA) is 44.6 Å². The highest BCUT2D eigenvalue weighted by Gasteiger charge is 2.27. The fourth-order valence-electron chi connectivity index (χ4n) is 4.55. The van der Waals surface area contributed by atoms with Crippen LogP contribution in [0.25, 0.3) is 22.4 Å². The molecule has 0 N–H and O–H groups in total. The van der Waals surface area contributed by atoms with Crippen LogP contribution in [-0.4, -0.2) is 64.7 Å². The molecule has 0 aliphatic carbocycles. The van der Waals surface area contributed by atoms with Crippen LogP contribution in [-0.2, 0) is 0 Å². The second-order valence-electron chi connectivity index (χ2n) is 8.07. The van der Waals surface area contributed by atoms with Crippen molar-refractivity contribution in [2.24, 2.45) is 0 Å². The van der Waals surface area contributed by atoms with Crippen LogP contribution in [0.15, 0.2) is 48.5 Å². The van der Waals surface area contributed by atoms with Crippen LogP contribution in [0.2, 0.25) is 0 Å². The van der Waals surface area contributed by atoms with Crippen LogP contribution in [0.4, 0.5) is 19.3 Å². The van der Waals surface area contributed by atoms with Crippen LogP contribution in [0.1, 0.15) is 19.4 Å². The minimum atomic E-state index is -2.67. The van der Waals surface area contributed by atoms with Crippen molar-refractivity contribution < 1.29 is 13.6 Å². The molecule has 2 amide bonds. The zero-order chi connectivity index (χ0) is 21.4. The Morgan fingerprint density at radius 2 is 1.58 bits per heavy atom. The molecular weight excluding hydrogens is 400 g/mol. The SMILES string of the molecule is O=C(N1CCCC1)N1CCN(c2cccc(-c3nc4ccccc4n3C(F)F)c2)CC1. The van der Waals surface area contributed by atoms with Gasteiger partial charge in [-0.25, -0.2) is 9.78 Å². The third kappa shape index (κ3) is 3.71. The number of carbonyl (C=O) groups excluding carboxylic acids is 1. The Kier molecular flexibility index (Phi) is 5.21. The zero-order valence-electron chi connectivity index (χ0n) is 17.3. The number of benzene rings is 2. The summed E-state index contributed by atoms with van der Waals surface area (Å²) in [5.74, 6) is 0.265. The summed E-state index contributed by atoms with van der Waals surface area (Å²) in [6.07, 6.45) is 2.17. The Morgan fingerprint density at radius 1 is 0.871 bits per heavy atom. The molecule has 0 spiro atoms. The van der Waals surface area contributed by atoms with Crippen LogP contribution in [0, 0.1) is 0 Å². The summed E-state index contributed by atoms with van der Waals surface area (Å²) in [7, 11) is 0. The molecule has 2 aliphatic heterocycles. The Balaban J connectivity index is 1.36. The summed E-state index contributed by atoms with van der Waals surface area (Å²) in [5, 5.41) is 0. The molecule has 3 aromatic rings. The summed E-state index contributed by atoms with van der Waals surface area (Å²) in [6.45, 7) is 1.79. The van der Waals surface area contributed by atoms with Gasteiger partial charge in [-0.2, -0.15) is 8.78 Å². The maximum atomic E-state index is 13.8. The molecular formula is C23H25F2N5O. The van der Waals surface area contributed by atoms with Gasteiger partial charge in [0.1, 0.15) is 5.82 Å². The number of hydrogen-bond donors (Lipinski definition) is 0. The van der Waals surface area contributed by atoms with Gasteiger partial charge < -0.3 is 14.7 Å². The van der Waals surface area contributed by atoms with Crippen molar-refractivity contribution in [3.63, 3.8) is 0 Å². The number of nitrogens with zero attached hydrogens (tertiary/aromatic N) is 5. The van der Waals surface area contributed by atoms with Gasteiger partial charge in [0.15, 0.2) is 0 Å². The van der Waals surface area contributed by atoms with E-state index in [1.54, 1.807) is 24.3 Å². The number of rotatable bonds is 3. The van der Waals surface area contributed by atoms with Crippen molar-refractivity contribution in [2.45, 2.75) is 19.4 Å². The third-order valence-corrected chi connectivity index (χ3v) is 6.19. The molecule has 3 heterocycles. The molecule has 2 saturated heterocycles. The van der Waals surface area contributed by atoms with Crippen molar-refractivity contribution in [1.29, 1.82) is 0 Å². The van der Waals surface area contributed by atoms with Gasteiger partial charge in [-0.1, -0.05) is 24.3 Å². The fraction of sp³-hybridized carbons (Fsp3) is 0.391. The lowest BCUT2D eigenvalue weighted by molar-refractivity contribution is 0.0764.